The number of imidazole rings is 1. The molecule has 0 aliphatic carbocycles. The van der Waals surface area contributed by atoms with Crippen LogP contribution in [0.3, 0.4) is 0 Å². The standard InChI is InChI=1S/C13H24N4O2/c1-15(2)10-11-16(8-4-13(18)19)6-3-7-17-9-5-14-12-17/h5,9,12H,3-4,6-8,10-11H2,1-2H3,(H,18,19). The Morgan fingerprint density at radius 1 is 1.26 bits per heavy atom. The van der Waals surface area contributed by atoms with E-state index in [1.54, 1.807) is 12.5 Å². The van der Waals surface area contributed by atoms with E-state index in [-0.39, 0.29) is 6.42 Å². The van der Waals surface area contributed by atoms with Crippen LogP contribution in [0.2, 0.25) is 0 Å². The fourth-order valence-corrected chi connectivity index (χ4v) is 1.83. The predicted octanol–water partition coefficient (Wildman–Crippen LogP) is 0.611. The van der Waals surface area contributed by atoms with Crippen molar-refractivity contribution in [3.63, 3.8) is 0 Å². The zero-order valence-electron chi connectivity index (χ0n) is 11.8. The van der Waals surface area contributed by atoms with Crippen molar-refractivity contribution in [2.45, 2.75) is 19.4 Å². The van der Waals surface area contributed by atoms with E-state index >= 15 is 0 Å². The minimum atomic E-state index is -0.732. The topological polar surface area (TPSA) is 61.6 Å². The second kappa shape index (κ2) is 8.66. The van der Waals surface area contributed by atoms with Crippen LogP contribution in [0.4, 0.5) is 0 Å². The Labute approximate surface area is 114 Å². The van der Waals surface area contributed by atoms with Crippen molar-refractivity contribution in [1.82, 2.24) is 19.4 Å². The van der Waals surface area contributed by atoms with Crippen LogP contribution in [-0.2, 0) is 11.3 Å². The molecule has 0 spiro atoms. The van der Waals surface area contributed by atoms with Crippen molar-refractivity contribution < 1.29 is 9.90 Å². The quantitative estimate of drug-likeness (QED) is 0.674. The maximum absolute atomic E-state index is 10.7. The van der Waals surface area contributed by atoms with Gasteiger partial charge in [-0.3, -0.25) is 4.79 Å². The molecule has 1 aromatic rings. The molecular formula is C13H24N4O2. The third-order valence-electron chi connectivity index (χ3n) is 2.96. The Morgan fingerprint density at radius 3 is 2.63 bits per heavy atom. The second-order valence-electron chi connectivity index (χ2n) is 4.94. The molecule has 1 heterocycles. The molecule has 1 N–H and O–H groups in total. The van der Waals surface area contributed by atoms with E-state index in [0.29, 0.717) is 6.54 Å². The molecule has 0 atom stereocenters. The lowest BCUT2D eigenvalue weighted by molar-refractivity contribution is -0.137. The molecule has 0 aliphatic heterocycles. The molecule has 0 unspecified atom stereocenters. The number of carboxylic acid groups (broad SMARTS) is 1. The second-order valence-corrected chi connectivity index (χ2v) is 4.94. The molecule has 108 valence electrons. The van der Waals surface area contributed by atoms with Crippen LogP contribution in [0.15, 0.2) is 18.7 Å². The molecule has 19 heavy (non-hydrogen) atoms. The number of aliphatic carboxylic acids is 1. The van der Waals surface area contributed by atoms with Gasteiger partial charge in [-0.15, -0.1) is 0 Å². The summed E-state index contributed by atoms with van der Waals surface area (Å²) >= 11 is 0. The number of hydrogen-bond donors (Lipinski definition) is 1. The summed E-state index contributed by atoms with van der Waals surface area (Å²) < 4.78 is 2.04. The van der Waals surface area contributed by atoms with Gasteiger partial charge >= 0.3 is 5.97 Å². The van der Waals surface area contributed by atoms with Crippen LogP contribution in [0, 0.1) is 0 Å². The van der Waals surface area contributed by atoms with Crippen molar-refractivity contribution in [2.75, 3.05) is 40.3 Å². The molecule has 6 nitrogen and oxygen atoms in total. The average molecular weight is 268 g/mol. The normalized spacial score (nSPS) is 11.4. The highest BCUT2D eigenvalue weighted by atomic mass is 16.4. The van der Waals surface area contributed by atoms with E-state index < -0.39 is 5.97 Å². The minimum absolute atomic E-state index is 0.207. The molecule has 0 fully saturated rings. The summed E-state index contributed by atoms with van der Waals surface area (Å²) in [6.45, 7) is 4.31. The van der Waals surface area contributed by atoms with Crippen molar-refractivity contribution in [3.8, 4) is 0 Å². The first-order chi connectivity index (χ1) is 9.08. The Morgan fingerprint density at radius 2 is 2.05 bits per heavy atom. The molecule has 1 aromatic heterocycles. The summed E-state index contributed by atoms with van der Waals surface area (Å²) in [7, 11) is 4.06. The first-order valence-corrected chi connectivity index (χ1v) is 6.62. The SMILES string of the molecule is CN(C)CCN(CCCn1ccnc1)CCC(=O)O. The van der Waals surface area contributed by atoms with Crippen LogP contribution >= 0.6 is 0 Å². The summed E-state index contributed by atoms with van der Waals surface area (Å²) in [5.74, 6) is -0.732. The van der Waals surface area contributed by atoms with Gasteiger partial charge in [-0.1, -0.05) is 0 Å². The van der Waals surface area contributed by atoms with Gasteiger partial charge in [0.1, 0.15) is 0 Å². The Balaban J connectivity index is 2.28. The van der Waals surface area contributed by atoms with Crippen LogP contribution in [0.1, 0.15) is 12.8 Å². The van der Waals surface area contributed by atoms with Gasteiger partial charge in [-0.2, -0.15) is 0 Å². The molecule has 6 heteroatoms. The number of carbonyl (C=O) groups is 1. The number of rotatable bonds is 10. The number of carboxylic acids is 1. The van der Waals surface area contributed by atoms with E-state index in [1.165, 1.54) is 0 Å². The lowest BCUT2D eigenvalue weighted by atomic mass is 10.3. The maximum atomic E-state index is 10.7. The third-order valence-corrected chi connectivity index (χ3v) is 2.96. The van der Waals surface area contributed by atoms with E-state index in [1.807, 2.05) is 24.9 Å². The molecule has 0 radical (unpaired) electrons. The highest BCUT2D eigenvalue weighted by Crippen LogP contribution is 1.98. The monoisotopic (exact) mass is 268 g/mol. The van der Waals surface area contributed by atoms with Crippen molar-refractivity contribution >= 4 is 5.97 Å². The van der Waals surface area contributed by atoms with Gasteiger partial charge in [0.25, 0.3) is 0 Å². The summed E-state index contributed by atoms with van der Waals surface area (Å²) in [5.41, 5.74) is 0. The number of nitrogens with zero attached hydrogens (tertiary/aromatic N) is 4. The summed E-state index contributed by atoms with van der Waals surface area (Å²) in [4.78, 5) is 19.0. The van der Waals surface area contributed by atoms with Gasteiger partial charge in [0.05, 0.1) is 12.7 Å². The lowest BCUT2D eigenvalue weighted by Crippen LogP contribution is -2.34. The van der Waals surface area contributed by atoms with Crippen LogP contribution in [0.5, 0.6) is 0 Å². The van der Waals surface area contributed by atoms with E-state index in [2.05, 4.69) is 14.8 Å². The average Bonchev–Trinajstić information content (AvgIpc) is 2.84. The van der Waals surface area contributed by atoms with Gasteiger partial charge < -0.3 is 19.5 Å². The van der Waals surface area contributed by atoms with Crippen molar-refractivity contribution in [3.05, 3.63) is 18.7 Å². The van der Waals surface area contributed by atoms with Gasteiger partial charge in [0, 0.05) is 38.6 Å². The zero-order valence-corrected chi connectivity index (χ0v) is 11.8. The number of aryl methyl sites for hydroxylation is 1. The Bertz CT molecular complexity index is 352. The van der Waals surface area contributed by atoms with Gasteiger partial charge in [-0.05, 0) is 27.1 Å². The molecule has 0 amide bonds. The Kier molecular flexibility index (Phi) is 7.14. The first-order valence-electron chi connectivity index (χ1n) is 6.62. The molecule has 1 rings (SSSR count). The molecule has 0 aromatic carbocycles. The number of likely N-dealkylation sites (N-methyl/N-ethyl adjacent to an activating group) is 1. The highest BCUT2D eigenvalue weighted by Gasteiger charge is 2.07. The van der Waals surface area contributed by atoms with Gasteiger partial charge in [-0.25, -0.2) is 4.98 Å². The summed E-state index contributed by atoms with van der Waals surface area (Å²) in [6.07, 6.45) is 6.74. The Hall–Kier alpha value is -1.40. The van der Waals surface area contributed by atoms with Crippen LogP contribution in [0.25, 0.3) is 0 Å². The van der Waals surface area contributed by atoms with Gasteiger partial charge in [0.2, 0.25) is 0 Å². The van der Waals surface area contributed by atoms with E-state index in [4.69, 9.17) is 5.11 Å². The van der Waals surface area contributed by atoms with Crippen molar-refractivity contribution in [2.24, 2.45) is 0 Å². The molecular weight excluding hydrogens is 244 g/mol. The number of hydrogen-bond acceptors (Lipinski definition) is 4. The minimum Gasteiger partial charge on any atom is -0.481 e. The highest BCUT2D eigenvalue weighted by molar-refractivity contribution is 5.66. The zero-order chi connectivity index (χ0) is 14.1. The largest absolute Gasteiger partial charge is 0.481 e. The first kappa shape index (κ1) is 15.7. The molecule has 0 bridgehead atoms. The predicted molar refractivity (Wildman–Crippen MR) is 74.1 cm³/mol. The molecule has 0 aliphatic rings. The van der Waals surface area contributed by atoms with E-state index in [9.17, 15) is 4.79 Å². The smallest absolute Gasteiger partial charge is 0.304 e. The maximum Gasteiger partial charge on any atom is 0.304 e. The van der Waals surface area contributed by atoms with E-state index in [0.717, 1.165) is 32.6 Å². The summed E-state index contributed by atoms with van der Waals surface area (Å²) in [5, 5.41) is 8.77. The van der Waals surface area contributed by atoms with Crippen molar-refractivity contribution in [1.29, 1.82) is 0 Å². The summed E-state index contributed by atoms with van der Waals surface area (Å²) in [6, 6.07) is 0. The third kappa shape index (κ3) is 7.58. The molecule has 0 saturated carbocycles. The fraction of sp³-hybridized carbons (Fsp3) is 0.692. The lowest BCUT2D eigenvalue weighted by Gasteiger charge is -2.23. The number of aromatic nitrogens is 2. The van der Waals surface area contributed by atoms with Crippen LogP contribution < -0.4 is 0 Å². The fourth-order valence-electron chi connectivity index (χ4n) is 1.83. The molecule has 0 saturated heterocycles. The van der Waals surface area contributed by atoms with Crippen LogP contribution in [-0.4, -0.2) is 70.7 Å². The van der Waals surface area contributed by atoms with Gasteiger partial charge in [0.15, 0.2) is 0 Å².